The van der Waals surface area contributed by atoms with Gasteiger partial charge in [0.05, 0.1) is 19.3 Å². The van der Waals surface area contributed by atoms with Crippen LogP contribution in [0.1, 0.15) is 19.8 Å². The second kappa shape index (κ2) is 4.14. The molecule has 2 saturated heterocycles. The zero-order valence-corrected chi connectivity index (χ0v) is 8.57. The summed E-state index contributed by atoms with van der Waals surface area (Å²) in [5.74, 6) is -0.151. The van der Waals surface area contributed by atoms with Gasteiger partial charge in [0.1, 0.15) is 0 Å². The molecule has 0 aliphatic carbocycles. The first-order chi connectivity index (χ1) is 6.74. The van der Waals surface area contributed by atoms with E-state index in [1.54, 1.807) is 0 Å². The smallest absolute Gasteiger partial charge is 0.171 e. The van der Waals surface area contributed by atoms with Crippen molar-refractivity contribution >= 4 is 0 Å². The van der Waals surface area contributed by atoms with Crippen molar-refractivity contribution in [3.05, 3.63) is 0 Å². The molecule has 82 valence electrons. The van der Waals surface area contributed by atoms with Crippen molar-refractivity contribution in [3.8, 4) is 0 Å². The summed E-state index contributed by atoms with van der Waals surface area (Å²) in [4.78, 5) is 0. The number of ether oxygens (including phenoxy) is 3. The average molecular weight is 202 g/mol. The summed E-state index contributed by atoms with van der Waals surface area (Å²) >= 11 is 0. The lowest BCUT2D eigenvalue weighted by atomic mass is 9.99. The molecule has 0 aromatic carbocycles. The number of aliphatic hydroxyl groups excluding tert-OH is 1. The van der Waals surface area contributed by atoms with Gasteiger partial charge in [-0.15, -0.1) is 0 Å². The Labute approximate surface area is 84.1 Å². The Morgan fingerprint density at radius 2 is 2.29 bits per heavy atom. The molecular weight excluding hydrogens is 184 g/mol. The fraction of sp³-hybridized carbons (Fsp3) is 1.00. The fourth-order valence-corrected chi connectivity index (χ4v) is 2.11. The third-order valence-corrected chi connectivity index (χ3v) is 3.08. The predicted molar refractivity (Wildman–Crippen MR) is 49.9 cm³/mol. The molecule has 3 unspecified atom stereocenters. The lowest BCUT2D eigenvalue weighted by Crippen LogP contribution is -2.36. The van der Waals surface area contributed by atoms with Gasteiger partial charge >= 0.3 is 0 Å². The second-order valence-electron chi connectivity index (χ2n) is 4.14. The first-order valence-electron chi connectivity index (χ1n) is 5.25. The van der Waals surface area contributed by atoms with Crippen LogP contribution in [-0.2, 0) is 14.2 Å². The molecule has 2 aliphatic rings. The van der Waals surface area contributed by atoms with Gasteiger partial charge < -0.3 is 19.3 Å². The molecule has 0 spiro atoms. The highest BCUT2D eigenvalue weighted by atomic mass is 16.7. The van der Waals surface area contributed by atoms with E-state index in [4.69, 9.17) is 19.3 Å². The van der Waals surface area contributed by atoms with Crippen LogP contribution < -0.4 is 0 Å². The highest BCUT2D eigenvalue weighted by Gasteiger charge is 2.45. The van der Waals surface area contributed by atoms with E-state index in [1.165, 1.54) is 0 Å². The first kappa shape index (κ1) is 10.4. The molecule has 14 heavy (non-hydrogen) atoms. The van der Waals surface area contributed by atoms with E-state index in [1.807, 2.05) is 6.92 Å². The highest BCUT2D eigenvalue weighted by molar-refractivity contribution is 4.84. The van der Waals surface area contributed by atoms with E-state index in [9.17, 15) is 0 Å². The first-order valence-corrected chi connectivity index (χ1v) is 5.25. The third kappa shape index (κ3) is 1.93. The molecule has 2 aliphatic heterocycles. The Balaban J connectivity index is 1.90. The second-order valence-corrected chi connectivity index (χ2v) is 4.14. The molecule has 2 fully saturated rings. The minimum absolute atomic E-state index is 0.0469. The highest BCUT2D eigenvalue weighted by Crippen LogP contribution is 2.36. The molecule has 0 radical (unpaired) electrons. The normalized spacial score (nSPS) is 43.3. The van der Waals surface area contributed by atoms with Crippen LogP contribution in [0.5, 0.6) is 0 Å². The summed E-state index contributed by atoms with van der Waals surface area (Å²) in [6.07, 6.45) is 1.71. The van der Waals surface area contributed by atoms with E-state index in [2.05, 4.69) is 0 Å². The van der Waals surface area contributed by atoms with Gasteiger partial charge in [0.25, 0.3) is 0 Å². The molecule has 0 bridgehead atoms. The maximum absolute atomic E-state index is 8.80. The number of hydrogen-bond donors (Lipinski definition) is 1. The maximum Gasteiger partial charge on any atom is 0.171 e. The van der Waals surface area contributed by atoms with Crippen molar-refractivity contribution in [3.63, 3.8) is 0 Å². The standard InChI is InChI=1S/C10H18O4/c1-10(8-3-5-12-6-8)13-7-9(14-10)2-4-11/h8-9,11H,2-7H2,1H3. The SMILES string of the molecule is CC1(C2CCOC2)OCC(CCO)O1. The van der Waals surface area contributed by atoms with Crippen LogP contribution in [0.4, 0.5) is 0 Å². The van der Waals surface area contributed by atoms with Crippen LogP contribution in [0.15, 0.2) is 0 Å². The Bertz CT molecular complexity index is 191. The molecule has 2 rings (SSSR count). The van der Waals surface area contributed by atoms with Crippen LogP contribution in [-0.4, -0.2) is 43.4 Å². The zero-order chi connectivity index (χ0) is 10.0. The van der Waals surface area contributed by atoms with Crippen LogP contribution in [0, 0.1) is 5.92 Å². The number of hydrogen-bond acceptors (Lipinski definition) is 4. The van der Waals surface area contributed by atoms with Crippen LogP contribution in [0.3, 0.4) is 0 Å². The van der Waals surface area contributed by atoms with Gasteiger partial charge in [-0.1, -0.05) is 0 Å². The third-order valence-electron chi connectivity index (χ3n) is 3.08. The number of rotatable bonds is 3. The quantitative estimate of drug-likeness (QED) is 0.725. The monoisotopic (exact) mass is 202 g/mol. The molecule has 4 heteroatoms. The summed E-state index contributed by atoms with van der Waals surface area (Å²) < 4.78 is 16.8. The molecule has 4 nitrogen and oxygen atoms in total. The van der Waals surface area contributed by atoms with E-state index in [0.717, 1.165) is 19.6 Å². The van der Waals surface area contributed by atoms with Crippen molar-refractivity contribution in [1.82, 2.24) is 0 Å². The molecule has 0 amide bonds. The lowest BCUT2D eigenvalue weighted by Gasteiger charge is -2.28. The van der Waals surface area contributed by atoms with Gasteiger partial charge in [0.2, 0.25) is 0 Å². The molecule has 0 aromatic rings. The Morgan fingerprint density at radius 1 is 1.43 bits per heavy atom. The van der Waals surface area contributed by atoms with Crippen LogP contribution in [0.25, 0.3) is 0 Å². The molecule has 2 heterocycles. The van der Waals surface area contributed by atoms with Crippen molar-refractivity contribution < 1.29 is 19.3 Å². The molecular formula is C10H18O4. The van der Waals surface area contributed by atoms with Crippen molar-refractivity contribution in [2.24, 2.45) is 5.92 Å². The van der Waals surface area contributed by atoms with Gasteiger partial charge in [-0.25, -0.2) is 0 Å². The van der Waals surface area contributed by atoms with Crippen molar-refractivity contribution in [1.29, 1.82) is 0 Å². The van der Waals surface area contributed by atoms with Gasteiger partial charge in [-0.2, -0.15) is 0 Å². The Kier molecular flexibility index (Phi) is 3.07. The van der Waals surface area contributed by atoms with Crippen molar-refractivity contribution in [2.75, 3.05) is 26.4 Å². The van der Waals surface area contributed by atoms with Gasteiger partial charge in [0.15, 0.2) is 5.79 Å². The number of aliphatic hydroxyl groups is 1. The van der Waals surface area contributed by atoms with Crippen LogP contribution in [0.2, 0.25) is 0 Å². The fourth-order valence-electron chi connectivity index (χ4n) is 2.11. The van der Waals surface area contributed by atoms with E-state index < -0.39 is 5.79 Å². The molecule has 0 aromatic heterocycles. The topological polar surface area (TPSA) is 47.9 Å². The molecule has 1 N–H and O–H groups in total. The minimum atomic E-state index is -0.490. The van der Waals surface area contributed by atoms with E-state index >= 15 is 0 Å². The largest absolute Gasteiger partial charge is 0.396 e. The minimum Gasteiger partial charge on any atom is -0.396 e. The van der Waals surface area contributed by atoms with E-state index in [-0.39, 0.29) is 12.7 Å². The summed E-state index contributed by atoms with van der Waals surface area (Å²) in [7, 11) is 0. The Hall–Kier alpha value is -0.160. The lowest BCUT2D eigenvalue weighted by molar-refractivity contribution is -0.191. The summed E-state index contributed by atoms with van der Waals surface area (Å²) in [6, 6.07) is 0. The van der Waals surface area contributed by atoms with Crippen LogP contribution >= 0.6 is 0 Å². The average Bonchev–Trinajstić information content (AvgIpc) is 2.75. The molecule has 3 atom stereocenters. The maximum atomic E-state index is 8.80. The van der Waals surface area contributed by atoms with E-state index in [0.29, 0.717) is 18.9 Å². The van der Waals surface area contributed by atoms with Gasteiger partial charge in [-0.05, 0) is 19.8 Å². The molecule has 0 saturated carbocycles. The van der Waals surface area contributed by atoms with Gasteiger partial charge in [-0.3, -0.25) is 0 Å². The van der Waals surface area contributed by atoms with Crippen molar-refractivity contribution in [2.45, 2.75) is 31.7 Å². The Morgan fingerprint density at radius 3 is 2.93 bits per heavy atom. The predicted octanol–water partition coefficient (Wildman–Crippen LogP) is 0.537. The summed E-state index contributed by atoms with van der Waals surface area (Å²) in [5, 5.41) is 8.80. The summed E-state index contributed by atoms with van der Waals surface area (Å²) in [6.45, 7) is 4.25. The zero-order valence-electron chi connectivity index (χ0n) is 8.57. The van der Waals surface area contributed by atoms with Gasteiger partial charge in [0, 0.05) is 19.1 Å². The summed E-state index contributed by atoms with van der Waals surface area (Å²) in [5.41, 5.74) is 0.